The highest BCUT2D eigenvalue weighted by molar-refractivity contribution is 6.42. The second kappa shape index (κ2) is 14.0. The van der Waals surface area contributed by atoms with Crippen molar-refractivity contribution in [3.63, 3.8) is 0 Å². The number of benzene rings is 3. The molecule has 0 amide bonds. The highest BCUT2D eigenvalue weighted by Gasteiger charge is 2.30. The minimum atomic E-state index is -0.665. The number of piperidine rings is 1. The Balaban J connectivity index is 0.00000216. The summed E-state index contributed by atoms with van der Waals surface area (Å²) in [6.07, 6.45) is 0.574. The molecule has 1 fully saturated rings. The second-order valence-electron chi connectivity index (χ2n) is 8.17. The maximum Gasteiger partial charge on any atom is 0.178 e. The first-order chi connectivity index (χ1) is 16.0. The summed E-state index contributed by atoms with van der Waals surface area (Å²) in [4.78, 5) is 2.17. The van der Waals surface area contributed by atoms with Gasteiger partial charge in [0, 0.05) is 24.8 Å². The molecule has 1 aliphatic heterocycles. The van der Waals surface area contributed by atoms with Crippen LogP contribution in [-0.2, 0) is 0 Å². The van der Waals surface area contributed by atoms with E-state index in [1.54, 1.807) is 19.1 Å². The average molecular weight is 560 g/mol. The molecule has 0 aromatic heterocycles. The van der Waals surface area contributed by atoms with Gasteiger partial charge in [-0.15, -0.1) is 24.8 Å². The van der Waals surface area contributed by atoms with Gasteiger partial charge in [-0.25, -0.2) is 0 Å². The summed E-state index contributed by atoms with van der Waals surface area (Å²) in [5.74, 6) is 1.41. The Hall–Kier alpha value is -1.86. The van der Waals surface area contributed by atoms with Crippen molar-refractivity contribution in [2.45, 2.75) is 38.2 Å². The second-order valence-corrected chi connectivity index (χ2v) is 8.98. The van der Waals surface area contributed by atoms with Gasteiger partial charge >= 0.3 is 0 Å². The van der Waals surface area contributed by atoms with Gasteiger partial charge in [0.25, 0.3) is 0 Å². The fraction of sp³-hybridized carbons (Fsp3) is 0.308. The lowest BCUT2D eigenvalue weighted by atomic mass is 10.1. The monoisotopic (exact) mass is 558 g/mol. The van der Waals surface area contributed by atoms with E-state index in [0.29, 0.717) is 21.5 Å². The van der Waals surface area contributed by atoms with Crippen molar-refractivity contribution >= 4 is 59.4 Å². The molecule has 1 aliphatic rings. The van der Waals surface area contributed by atoms with Gasteiger partial charge in [0.05, 0.1) is 15.7 Å². The maximum atomic E-state index is 10.5. The summed E-state index contributed by atoms with van der Waals surface area (Å²) < 4.78 is 12.4. The highest BCUT2D eigenvalue weighted by Crippen LogP contribution is 2.31. The Kier molecular flexibility index (Phi) is 11.8. The molecule has 2 atom stereocenters. The number of likely N-dealkylation sites (tertiary alicyclic amines) is 1. The number of hydrogen-bond acceptors (Lipinski definition) is 5. The van der Waals surface area contributed by atoms with E-state index >= 15 is 0 Å². The Bertz CT molecular complexity index is 1050. The van der Waals surface area contributed by atoms with Gasteiger partial charge in [-0.2, -0.15) is 0 Å². The summed E-state index contributed by atoms with van der Waals surface area (Å²) in [5.41, 5.74) is 1.83. The molecule has 0 aliphatic carbocycles. The molecule has 1 saturated heterocycles. The molecule has 2 unspecified atom stereocenters. The topological polar surface area (TPSA) is 54.0 Å². The van der Waals surface area contributed by atoms with Crippen LogP contribution in [0.25, 0.3) is 0 Å². The van der Waals surface area contributed by atoms with Crippen LogP contribution in [-0.4, -0.2) is 41.5 Å². The van der Waals surface area contributed by atoms with Crippen LogP contribution < -0.4 is 14.8 Å². The van der Waals surface area contributed by atoms with E-state index in [-0.39, 0.29) is 30.9 Å². The number of aliphatic hydroxyl groups is 1. The molecule has 5 nitrogen and oxygen atoms in total. The molecule has 9 heteroatoms. The first-order valence-electron chi connectivity index (χ1n) is 11.1. The number of ether oxygens (including phenoxy) is 2. The third-order valence-corrected chi connectivity index (χ3v) is 6.37. The van der Waals surface area contributed by atoms with Gasteiger partial charge in [0.15, 0.2) is 6.23 Å². The van der Waals surface area contributed by atoms with Gasteiger partial charge in [-0.05, 0) is 56.2 Å². The molecule has 0 bridgehead atoms. The number of halogens is 4. The fourth-order valence-electron chi connectivity index (χ4n) is 3.95. The Morgan fingerprint density at radius 3 is 2.23 bits per heavy atom. The average Bonchev–Trinajstić information content (AvgIpc) is 2.82. The van der Waals surface area contributed by atoms with E-state index in [4.69, 9.17) is 32.7 Å². The van der Waals surface area contributed by atoms with Crippen LogP contribution >= 0.6 is 48.0 Å². The van der Waals surface area contributed by atoms with E-state index in [1.807, 2.05) is 60.7 Å². The zero-order valence-corrected chi connectivity index (χ0v) is 22.4. The number of aliphatic hydroxyl groups excluding tert-OH is 1. The number of nitrogens with one attached hydrogen (secondary N) is 1. The lowest BCUT2D eigenvalue weighted by Crippen LogP contribution is -2.51. The van der Waals surface area contributed by atoms with Crippen LogP contribution in [0.15, 0.2) is 72.8 Å². The maximum absolute atomic E-state index is 10.5. The zero-order valence-electron chi connectivity index (χ0n) is 19.3. The summed E-state index contributed by atoms with van der Waals surface area (Å²) in [7, 11) is 0. The summed E-state index contributed by atoms with van der Waals surface area (Å²) >= 11 is 12.1. The van der Waals surface area contributed by atoms with E-state index in [9.17, 15) is 5.11 Å². The van der Waals surface area contributed by atoms with Gasteiger partial charge < -0.3 is 19.9 Å². The van der Waals surface area contributed by atoms with Crippen LogP contribution in [0.4, 0.5) is 11.4 Å². The van der Waals surface area contributed by atoms with Crippen molar-refractivity contribution in [1.29, 1.82) is 0 Å². The molecule has 3 aromatic carbocycles. The summed E-state index contributed by atoms with van der Waals surface area (Å²) in [6, 6.07) is 23.0. The normalized spacial score (nSPS) is 15.8. The van der Waals surface area contributed by atoms with Crippen molar-refractivity contribution in [1.82, 2.24) is 4.90 Å². The van der Waals surface area contributed by atoms with Crippen molar-refractivity contribution < 1.29 is 14.6 Å². The van der Waals surface area contributed by atoms with E-state index < -0.39 is 12.3 Å². The van der Waals surface area contributed by atoms with Crippen molar-refractivity contribution in [2.75, 3.05) is 18.4 Å². The zero-order chi connectivity index (χ0) is 23.2. The van der Waals surface area contributed by atoms with Gasteiger partial charge in [0.2, 0.25) is 0 Å². The molecule has 1 heterocycles. The number of para-hydroxylation sites is 3. The fourth-order valence-corrected chi connectivity index (χ4v) is 4.24. The molecule has 0 radical (unpaired) electrons. The minimum Gasteiger partial charge on any atom is -0.490 e. The number of nitrogens with zero attached hydrogens (tertiary/aromatic N) is 1. The van der Waals surface area contributed by atoms with Gasteiger partial charge in [-0.1, -0.05) is 53.5 Å². The third kappa shape index (κ3) is 8.07. The molecule has 2 N–H and O–H groups in total. The van der Waals surface area contributed by atoms with Crippen LogP contribution in [0.2, 0.25) is 10.0 Å². The highest BCUT2D eigenvalue weighted by atomic mass is 35.5. The Morgan fingerprint density at radius 1 is 0.914 bits per heavy atom. The molecule has 35 heavy (non-hydrogen) atoms. The first-order valence-corrected chi connectivity index (χ1v) is 11.9. The molecular weight excluding hydrogens is 530 g/mol. The first kappa shape index (κ1) is 29.4. The number of rotatable bonds is 8. The largest absolute Gasteiger partial charge is 0.490 e. The van der Waals surface area contributed by atoms with E-state index in [1.165, 1.54) is 0 Å². The van der Waals surface area contributed by atoms with Crippen molar-refractivity contribution in [3.8, 4) is 11.5 Å². The van der Waals surface area contributed by atoms with Crippen LogP contribution in [0.1, 0.15) is 19.8 Å². The molecule has 0 spiro atoms. The molecular formula is C26H30Cl4N2O3. The van der Waals surface area contributed by atoms with Crippen molar-refractivity contribution in [3.05, 3.63) is 82.8 Å². The minimum absolute atomic E-state index is 0. The van der Waals surface area contributed by atoms with Crippen LogP contribution in [0, 0.1) is 0 Å². The van der Waals surface area contributed by atoms with Crippen LogP contribution in [0.5, 0.6) is 11.5 Å². The van der Waals surface area contributed by atoms with E-state index in [2.05, 4.69) is 10.2 Å². The predicted molar refractivity (Wildman–Crippen MR) is 148 cm³/mol. The van der Waals surface area contributed by atoms with E-state index in [0.717, 1.165) is 37.3 Å². The summed E-state index contributed by atoms with van der Waals surface area (Å²) in [5, 5.41) is 14.9. The predicted octanol–water partition coefficient (Wildman–Crippen LogP) is 7.21. The number of anilines is 2. The number of hydrogen-bond donors (Lipinski definition) is 2. The quantitative estimate of drug-likeness (QED) is 0.305. The van der Waals surface area contributed by atoms with Crippen molar-refractivity contribution in [2.24, 2.45) is 0 Å². The smallest absolute Gasteiger partial charge is 0.178 e. The SMILES string of the molecule is CC(O)C(Oc1ccccc1Nc1ccccc1)N1CCC(Oc2ccc(Cl)c(Cl)c2)CC1.Cl.Cl. The lowest BCUT2D eigenvalue weighted by Gasteiger charge is -2.38. The molecule has 3 aromatic rings. The lowest BCUT2D eigenvalue weighted by molar-refractivity contribution is -0.0753. The molecule has 4 rings (SSSR count). The van der Waals surface area contributed by atoms with Gasteiger partial charge in [0.1, 0.15) is 23.7 Å². The third-order valence-electron chi connectivity index (χ3n) is 5.63. The standard InChI is InChI=1S/C26H28Cl2N2O3.2ClH/c1-18(31)26(33-25-10-6-5-9-24(25)29-19-7-3-2-4-8-19)30-15-13-20(14-16-30)32-21-11-12-22(27)23(28)17-21;;/h2-12,17-18,20,26,29,31H,13-16H2,1H3;2*1H. The van der Waals surface area contributed by atoms with Gasteiger partial charge in [-0.3, -0.25) is 4.90 Å². The Morgan fingerprint density at radius 2 is 1.57 bits per heavy atom. The molecule has 0 saturated carbocycles. The Labute approximate surface area is 229 Å². The molecule has 190 valence electrons. The van der Waals surface area contributed by atoms with Crippen LogP contribution in [0.3, 0.4) is 0 Å². The summed E-state index contributed by atoms with van der Waals surface area (Å²) in [6.45, 7) is 3.25.